The molecule has 0 aliphatic heterocycles. The van der Waals surface area contributed by atoms with E-state index in [1.165, 1.54) is 11.1 Å². The van der Waals surface area contributed by atoms with Gasteiger partial charge in [-0.25, -0.2) is 9.59 Å². The van der Waals surface area contributed by atoms with E-state index >= 15 is 0 Å². The molecule has 21 heavy (non-hydrogen) atoms. The second-order valence-corrected chi connectivity index (χ2v) is 5.30. The third-order valence-electron chi connectivity index (χ3n) is 2.91. The predicted octanol–water partition coefficient (Wildman–Crippen LogP) is 2.52. The molecule has 0 saturated carbocycles. The average molecular weight is 332 g/mol. The molecule has 1 aliphatic rings. The second-order valence-electron chi connectivity index (χ2n) is 4.51. The van der Waals surface area contributed by atoms with Crippen molar-refractivity contribution in [3.63, 3.8) is 0 Å². The van der Waals surface area contributed by atoms with E-state index in [-0.39, 0.29) is 6.04 Å². The summed E-state index contributed by atoms with van der Waals surface area (Å²) in [7, 11) is 0. The largest absolute Gasteiger partial charge is 0.478 e. The van der Waals surface area contributed by atoms with Crippen LogP contribution in [0.1, 0.15) is 17.5 Å². The molecule has 0 aromatic heterocycles. The van der Waals surface area contributed by atoms with Gasteiger partial charge < -0.3 is 15.9 Å². The van der Waals surface area contributed by atoms with E-state index in [2.05, 4.69) is 0 Å². The number of fused-ring (bicyclic) bond motifs is 1. The molecule has 1 aromatic rings. The molecule has 0 radical (unpaired) electrons. The van der Waals surface area contributed by atoms with Gasteiger partial charge in [-0.15, -0.1) is 0 Å². The molecule has 4 N–H and O–H groups in total. The first kappa shape index (κ1) is 17.5. The molecule has 2 rings (SSSR count). The first-order valence-electron chi connectivity index (χ1n) is 6.16. The van der Waals surface area contributed by atoms with Gasteiger partial charge in [-0.1, -0.05) is 29.3 Å². The highest BCUT2D eigenvalue weighted by molar-refractivity contribution is 6.42. The van der Waals surface area contributed by atoms with Crippen LogP contribution in [0.15, 0.2) is 24.3 Å². The summed E-state index contributed by atoms with van der Waals surface area (Å²) in [6.07, 6.45) is 4.00. The number of carboxylic acid groups (broad SMARTS) is 2. The third kappa shape index (κ3) is 5.75. The minimum absolute atomic E-state index is 0.282. The fourth-order valence-electron chi connectivity index (χ4n) is 1.95. The Bertz CT molecular complexity index is 556. The minimum Gasteiger partial charge on any atom is -0.478 e. The monoisotopic (exact) mass is 331 g/mol. The van der Waals surface area contributed by atoms with E-state index in [9.17, 15) is 9.59 Å². The fraction of sp³-hybridized carbons (Fsp3) is 0.286. The summed E-state index contributed by atoms with van der Waals surface area (Å²) in [5, 5.41) is 17.0. The van der Waals surface area contributed by atoms with E-state index in [4.69, 9.17) is 39.1 Å². The van der Waals surface area contributed by atoms with Gasteiger partial charge in [0.25, 0.3) is 0 Å². The Balaban J connectivity index is 0.000000240. The van der Waals surface area contributed by atoms with Crippen molar-refractivity contribution in [1.82, 2.24) is 0 Å². The van der Waals surface area contributed by atoms with Crippen LogP contribution in [-0.2, 0) is 22.4 Å². The van der Waals surface area contributed by atoms with Gasteiger partial charge >= 0.3 is 11.9 Å². The van der Waals surface area contributed by atoms with Crippen molar-refractivity contribution in [3.8, 4) is 0 Å². The predicted molar refractivity (Wildman–Crippen MR) is 80.9 cm³/mol. The van der Waals surface area contributed by atoms with E-state index in [0.717, 1.165) is 19.3 Å². The van der Waals surface area contributed by atoms with Gasteiger partial charge in [-0.2, -0.15) is 0 Å². The minimum atomic E-state index is -1.26. The lowest BCUT2D eigenvalue weighted by molar-refractivity contribution is -0.134. The summed E-state index contributed by atoms with van der Waals surface area (Å²) in [4.78, 5) is 19.1. The van der Waals surface area contributed by atoms with E-state index in [1.54, 1.807) is 0 Å². The van der Waals surface area contributed by atoms with Crippen LogP contribution >= 0.6 is 23.2 Å². The van der Waals surface area contributed by atoms with Gasteiger partial charge in [0.05, 0.1) is 10.0 Å². The van der Waals surface area contributed by atoms with Gasteiger partial charge in [0.15, 0.2) is 0 Å². The Labute approximate surface area is 132 Å². The molecule has 0 amide bonds. The Morgan fingerprint density at radius 1 is 1.19 bits per heavy atom. The maximum Gasteiger partial charge on any atom is 0.328 e. The second kappa shape index (κ2) is 8.02. The smallest absolute Gasteiger partial charge is 0.328 e. The highest BCUT2D eigenvalue weighted by Crippen LogP contribution is 2.32. The van der Waals surface area contributed by atoms with Crippen molar-refractivity contribution >= 4 is 35.1 Å². The SMILES string of the molecule is NC1CCc2c(ccc(Cl)c2Cl)C1.O=C(O)C=CC(=O)O. The van der Waals surface area contributed by atoms with Gasteiger partial charge in [-0.05, 0) is 36.5 Å². The van der Waals surface area contributed by atoms with Crippen LogP contribution in [-0.4, -0.2) is 28.2 Å². The number of carboxylic acids is 2. The van der Waals surface area contributed by atoms with Crippen LogP contribution in [0.4, 0.5) is 0 Å². The Kier molecular flexibility index (Phi) is 6.68. The maximum atomic E-state index is 9.55. The summed E-state index contributed by atoms with van der Waals surface area (Å²) in [5.41, 5.74) is 8.31. The zero-order chi connectivity index (χ0) is 16.0. The molecule has 7 heteroatoms. The summed E-state index contributed by atoms with van der Waals surface area (Å²) in [6, 6.07) is 4.16. The number of aliphatic carboxylic acids is 2. The van der Waals surface area contributed by atoms with Crippen LogP contribution in [0.3, 0.4) is 0 Å². The maximum absolute atomic E-state index is 9.55. The van der Waals surface area contributed by atoms with Crippen LogP contribution in [0, 0.1) is 0 Å². The van der Waals surface area contributed by atoms with Gasteiger partial charge in [0.2, 0.25) is 0 Å². The molecule has 1 aliphatic carbocycles. The summed E-state index contributed by atoms with van der Waals surface area (Å²) >= 11 is 12.0. The molecule has 0 heterocycles. The Morgan fingerprint density at radius 2 is 1.76 bits per heavy atom. The van der Waals surface area contributed by atoms with E-state index in [0.29, 0.717) is 22.2 Å². The normalized spacial score (nSPS) is 16.8. The first-order chi connectivity index (χ1) is 9.81. The van der Waals surface area contributed by atoms with Gasteiger partial charge in [-0.3, -0.25) is 0 Å². The topological polar surface area (TPSA) is 101 Å². The van der Waals surface area contributed by atoms with E-state index < -0.39 is 11.9 Å². The molecular weight excluding hydrogens is 317 g/mol. The lowest BCUT2D eigenvalue weighted by Gasteiger charge is -2.22. The number of rotatable bonds is 2. The van der Waals surface area contributed by atoms with Crippen molar-refractivity contribution in [2.45, 2.75) is 25.3 Å². The van der Waals surface area contributed by atoms with Crippen LogP contribution < -0.4 is 5.73 Å². The molecule has 0 bridgehead atoms. The third-order valence-corrected chi connectivity index (χ3v) is 3.75. The Morgan fingerprint density at radius 3 is 2.29 bits per heavy atom. The highest BCUT2D eigenvalue weighted by atomic mass is 35.5. The molecule has 1 unspecified atom stereocenters. The summed E-state index contributed by atoms with van der Waals surface area (Å²) < 4.78 is 0. The molecule has 0 fully saturated rings. The summed E-state index contributed by atoms with van der Waals surface area (Å²) in [5.74, 6) is -2.51. The van der Waals surface area contributed by atoms with Crippen LogP contribution in [0.25, 0.3) is 0 Å². The van der Waals surface area contributed by atoms with Crippen LogP contribution in [0.2, 0.25) is 10.0 Å². The quantitative estimate of drug-likeness (QED) is 0.723. The zero-order valence-electron chi connectivity index (χ0n) is 11.1. The van der Waals surface area contributed by atoms with E-state index in [1.807, 2.05) is 12.1 Å². The molecule has 1 aromatic carbocycles. The number of hydrogen-bond donors (Lipinski definition) is 3. The molecule has 5 nitrogen and oxygen atoms in total. The highest BCUT2D eigenvalue weighted by Gasteiger charge is 2.18. The van der Waals surface area contributed by atoms with Crippen molar-refractivity contribution < 1.29 is 19.8 Å². The molecular formula is C14H15Cl2NO4. The van der Waals surface area contributed by atoms with Crippen molar-refractivity contribution in [2.24, 2.45) is 5.73 Å². The summed E-state index contributed by atoms with van der Waals surface area (Å²) in [6.45, 7) is 0. The van der Waals surface area contributed by atoms with Crippen molar-refractivity contribution in [1.29, 1.82) is 0 Å². The van der Waals surface area contributed by atoms with Gasteiger partial charge in [0.1, 0.15) is 0 Å². The number of halogens is 2. The van der Waals surface area contributed by atoms with Gasteiger partial charge in [0, 0.05) is 18.2 Å². The number of hydrogen-bond acceptors (Lipinski definition) is 3. The fourth-order valence-corrected chi connectivity index (χ4v) is 2.41. The average Bonchev–Trinajstić information content (AvgIpc) is 2.41. The van der Waals surface area contributed by atoms with Crippen molar-refractivity contribution in [2.75, 3.05) is 0 Å². The lowest BCUT2D eigenvalue weighted by atomic mass is 9.89. The number of benzene rings is 1. The molecule has 0 spiro atoms. The number of carbonyl (C=O) groups is 2. The Hall–Kier alpha value is -1.56. The molecule has 1 atom stereocenters. The molecule has 0 saturated heterocycles. The van der Waals surface area contributed by atoms with Crippen molar-refractivity contribution in [3.05, 3.63) is 45.5 Å². The zero-order valence-corrected chi connectivity index (χ0v) is 12.6. The first-order valence-corrected chi connectivity index (χ1v) is 6.92. The lowest BCUT2D eigenvalue weighted by Crippen LogP contribution is -2.27. The number of nitrogens with two attached hydrogens (primary N) is 1. The molecule has 114 valence electrons. The van der Waals surface area contributed by atoms with Crippen LogP contribution in [0.5, 0.6) is 0 Å². The standard InChI is InChI=1S/C10H11Cl2N.C4H4O4/c11-9-4-1-6-5-7(13)2-3-8(6)10(9)12;5-3(6)1-2-4(7)8/h1,4,7H,2-3,5,13H2;1-2H,(H,5,6)(H,7,8).